The summed E-state index contributed by atoms with van der Waals surface area (Å²) in [7, 11) is 0. The summed E-state index contributed by atoms with van der Waals surface area (Å²) in [5.41, 5.74) is 0.420. The monoisotopic (exact) mass is 287 g/mol. The van der Waals surface area contributed by atoms with Gasteiger partial charge >= 0.3 is 0 Å². The highest BCUT2D eigenvalue weighted by Gasteiger charge is 2.25. The fourth-order valence-corrected chi connectivity index (χ4v) is 2.76. The van der Waals surface area contributed by atoms with Crippen LogP contribution in [0, 0.1) is 12.7 Å². The minimum absolute atomic E-state index is 0.282. The molecule has 16 heavy (non-hydrogen) atoms. The molecule has 0 aliphatic carbocycles. The highest BCUT2D eigenvalue weighted by atomic mass is 79.9. The van der Waals surface area contributed by atoms with Gasteiger partial charge in [0, 0.05) is 17.9 Å². The van der Waals surface area contributed by atoms with Crippen LogP contribution in [0.1, 0.15) is 25.0 Å². The zero-order valence-electron chi connectivity index (χ0n) is 9.29. The number of hydrogen-bond acceptors (Lipinski definition) is 3. The van der Waals surface area contributed by atoms with Crippen molar-refractivity contribution in [3.8, 4) is 0 Å². The Morgan fingerprint density at radius 3 is 3.06 bits per heavy atom. The summed E-state index contributed by atoms with van der Waals surface area (Å²) in [5, 5.41) is 0.857. The summed E-state index contributed by atoms with van der Waals surface area (Å²) >= 11 is 3.48. The van der Waals surface area contributed by atoms with E-state index in [2.05, 4.69) is 30.8 Å². The molecule has 1 fully saturated rings. The smallest absolute Gasteiger partial charge is 0.186 e. The molecule has 88 valence electrons. The zero-order chi connectivity index (χ0) is 11.5. The second-order valence-electron chi connectivity index (χ2n) is 4.09. The van der Waals surface area contributed by atoms with Crippen LogP contribution in [0.15, 0.2) is 6.33 Å². The molecular weight excluding hydrogens is 273 g/mol. The molecule has 0 spiro atoms. The number of aromatic nitrogens is 2. The van der Waals surface area contributed by atoms with Gasteiger partial charge in [0.25, 0.3) is 0 Å². The third-order valence-corrected chi connectivity index (χ3v) is 3.77. The maximum absolute atomic E-state index is 13.9. The van der Waals surface area contributed by atoms with Gasteiger partial charge in [-0.2, -0.15) is 0 Å². The number of anilines is 1. The van der Waals surface area contributed by atoms with Crippen LogP contribution in [-0.2, 0) is 0 Å². The molecule has 1 aromatic heterocycles. The summed E-state index contributed by atoms with van der Waals surface area (Å²) in [5.74, 6) is 0.173. The molecule has 0 amide bonds. The number of hydrogen-bond donors (Lipinski definition) is 0. The van der Waals surface area contributed by atoms with Crippen molar-refractivity contribution in [3.05, 3.63) is 17.8 Å². The highest BCUT2D eigenvalue weighted by molar-refractivity contribution is 9.09. The van der Waals surface area contributed by atoms with E-state index in [1.54, 1.807) is 6.92 Å². The molecule has 1 aromatic rings. The standard InChI is InChI=1S/C11H15BrFN3/c1-8-10(13)11(15-7-14-8)16-5-3-2-4-9(16)6-12/h7,9H,2-6H2,1H3. The number of nitrogens with zero attached hydrogens (tertiary/aromatic N) is 3. The number of rotatable bonds is 2. The van der Waals surface area contributed by atoms with Crippen molar-refractivity contribution >= 4 is 21.7 Å². The van der Waals surface area contributed by atoms with Gasteiger partial charge in [0.15, 0.2) is 11.6 Å². The van der Waals surface area contributed by atoms with E-state index in [1.165, 1.54) is 12.7 Å². The summed E-state index contributed by atoms with van der Waals surface area (Å²) in [4.78, 5) is 10.00. The fraction of sp³-hybridized carbons (Fsp3) is 0.636. The van der Waals surface area contributed by atoms with Gasteiger partial charge in [-0.05, 0) is 26.2 Å². The van der Waals surface area contributed by atoms with E-state index in [-0.39, 0.29) is 5.82 Å². The Bertz CT molecular complexity index is 372. The van der Waals surface area contributed by atoms with Crippen molar-refractivity contribution in [2.75, 3.05) is 16.8 Å². The zero-order valence-corrected chi connectivity index (χ0v) is 10.9. The Morgan fingerprint density at radius 1 is 1.50 bits per heavy atom. The van der Waals surface area contributed by atoms with Gasteiger partial charge < -0.3 is 4.90 Å². The summed E-state index contributed by atoms with van der Waals surface area (Å²) < 4.78 is 13.9. The molecule has 0 bridgehead atoms. The van der Waals surface area contributed by atoms with E-state index in [0.717, 1.165) is 24.7 Å². The third kappa shape index (κ3) is 2.19. The minimum Gasteiger partial charge on any atom is -0.350 e. The molecular formula is C11H15BrFN3. The van der Waals surface area contributed by atoms with E-state index < -0.39 is 0 Å². The van der Waals surface area contributed by atoms with Crippen LogP contribution in [0.4, 0.5) is 10.2 Å². The number of aryl methyl sites for hydroxylation is 1. The Kier molecular flexibility index (Phi) is 3.74. The molecule has 1 saturated heterocycles. The van der Waals surface area contributed by atoms with Crippen LogP contribution in [0.3, 0.4) is 0 Å². The van der Waals surface area contributed by atoms with Crippen molar-refractivity contribution in [1.29, 1.82) is 0 Å². The van der Waals surface area contributed by atoms with Crippen LogP contribution in [0.2, 0.25) is 0 Å². The van der Waals surface area contributed by atoms with E-state index in [4.69, 9.17) is 0 Å². The SMILES string of the molecule is Cc1ncnc(N2CCCCC2CBr)c1F. The lowest BCUT2D eigenvalue weighted by Crippen LogP contribution is -2.41. The van der Waals surface area contributed by atoms with Crippen molar-refractivity contribution in [3.63, 3.8) is 0 Å². The van der Waals surface area contributed by atoms with Crippen LogP contribution >= 0.6 is 15.9 Å². The van der Waals surface area contributed by atoms with Crippen LogP contribution in [-0.4, -0.2) is 27.9 Å². The van der Waals surface area contributed by atoms with Gasteiger partial charge in [-0.15, -0.1) is 0 Å². The van der Waals surface area contributed by atoms with E-state index >= 15 is 0 Å². The van der Waals surface area contributed by atoms with Crippen molar-refractivity contribution in [2.45, 2.75) is 32.2 Å². The fourth-order valence-electron chi connectivity index (χ4n) is 2.09. The summed E-state index contributed by atoms with van der Waals surface area (Å²) in [6, 6.07) is 0.345. The summed E-state index contributed by atoms with van der Waals surface area (Å²) in [6.45, 7) is 2.55. The van der Waals surface area contributed by atoms with E-state index in [0.29, 0.717) is 17.6 Å². The molecule has 0 saturated carbocycles. The highest BCUT2D eigenvalue weighted by Crippen LogP contribution is 2.26. The molecule has 2 heterocycles. The average Bonchev–Trinajstić information content (AvgIpc) is 2.33. The molecule has 1 atom stereocenters. The molecule has 2 rings (SSSR count). The average molecular weight is 288 g/mol. The predicted molar refractivity (Wildman–Crippen MR) is 65.5 cm³/mol. The first-order valence-corrected chi connectivity index (χ1v) is 6.66. The molecule has 0 radical (unpaired) electrons. The third-order valence-electron chi connectivity index (χ3n) is 3.02. The van der Waals surface area contributed by atoms with Crippen LogP contribution in [0.25, 0.3) is 0 Å². The lowest BCUT2D eigenvalue weighted by molar-refractivity contribution is 0.474. The molecule has 1 aliphatic rings. The lowest BCUT2D eigenvalue weighted by Gasteiger charge is -2.35. The van der Waals surface area contributed by atoms with Crippen molar-refractivity contribution in [1.82, 2.24) is 9.97 Å². The molecule has 0 N–H and O–H groups in total. The molecule has 0 aromatic carbocycles. The first-order valence-electron chi connectivity index (χ1n) is 5.53. The molecule has 5 heteroatoms. The van der Waals surface area contributed by atoms with E-state index in [1.807, 2.05) is 0 Å². The molecule has 3 nitrogen and oxygen atoms in total. The Hall–Kier alpha value is -0.710. The van der Waals surface area contributed by atoms with Gasteiger partial charge in [-0.1, -0.05) is 15.9 Å². The maximum atomic E-state index is 13.9. The Balaban J connectivity index is 2.30. The number of alkyl halides is 1. The molecule has 1 aliphatic heterocycles. The predicted octanol–water partition coefficient (Wildman–Crippen LogP) is 2.68. The second kappa shape index (κ2) is 5.08. The van der Waals surface area contributed by atoms with Crippen LogP contribution in [0.5, 0.6) is 0 Å². The molecule has 1 unspecified atom stereocenters. The van der Waals surface area contributed by atoms with Gasteiger partial charge in [0.05, 0.1) is 5.69 Å². The number of piperidine rings is 1. The minimum atomic E-state index is -0.282. The second-order valence-corrected chi connectivity index (χ2v) is 4.74. The summed E-state index contributed by atoms with van der Waals surface area (Å²) in [6.07, 6.45) is 4.84. The van der Waals surface area contributed by atoms with Gasteiger partial charge in [0.1, 0.15) is 6.33 Å². The van der Waals surface area contributed by atoms with Crippen LogP contribution < -0.4 is 4.90 Å². The van der Waals surface area contributed by atoms with Crippen molar-refractivity contribution in [2.24, 2.45) is 0 Å². The largest absolute Gasteiger partial charge is 0.350 e. The lowest BCUT2D eigenvalue weighted by atomic mass is 10.0. The van der Waals surface area contributed by atoms with Gasteiger partial charge in [-0.3, -0.25) is 0 Å². The Labute approximate surface area is 103 Å². The van der Waals surface area contributed by atoms with Crippen molar-refractivity contribution < 1.29 is 4.39 Å². The first-order chi connectivity index (χ1) is 7.74. The van der Waals surface area contributed by atoms with Gasteiger partial charge in [-0.25, -0.2) is 14.4 Å². The number of halogens is 2. The van der Waals surface area contributed by atoms with E-state index in [9.17, 15) is 4.39 Å². The first kappa shape index (κ1) is 11.8. The normalized spacial score (nSPS) is 21.2. The van der Waals surface area contributed by atoms with Gasteiger partial charge in [0.2, 0.25) is 0 Å². The maximum Gasteiger partial charge on any atom is 0.186 e. The Morgan fingerprint density at radius 2 is 2.31 bits per heavy atom. The topological polar surface area (TPSA) is 29.0 Å². The quantitative estimate of drug-likeness (QED) is 0.783.